The Bertz CT molecular complexity index is 1710. The average Bonchev–Trinajstić information content (AvgIpc) is 3.46. The number of unbranched alkanes of at least 4 members (excludes halogenated alkanes) is 1. The van der Waals surface area contributed by atoms with Crippen LogP contribution in [0.1, 0.15) is 47.5 Å². The van der Waals surface area contributed by atoms with Crippen LogP contribution in [0.4, 0.5) is 0 Å². The summed E-state index contributed by atoms with van der Waals surface area (Å²) in [6.07, 6.45) is 5.25. The Morgan fingerprint density at radius 3 is 1.42 bits per heavy atom. The normalized spacial score (nSPS) is 10.9. The number of allylic oxidation sites excluding steroid dienone is 2. The van der Waals surface area contributed by atoms with Crippen LogP contribution in [0.25, 0.3) is 22.3 Å². The second-order valence-electron chi connectivity index (χ2n) is 9.30. The van der Waals surface area contributed by atoms with E-state index in [-0.39, 0.29) is 53.6 Å². The second-order valence-corrected chi connectivity index (χ2v) is 9.98. The SMILES string of the molecule is C.C=CCn1c(Cl)nc2c1c(=O)n(CCCC)c(=O)n2CC.C=CCn1c(Cl)nc2c1c(=O)n(CCCO)c(=O)n2CC. The van der Waals surface area contributed by atoms with Gasteiger partial charge in [-0.1, -0.05) is 32.9 Å². The quantitative estimate of drug-likeness (QED) is 0.185. The van der Waals surface area contributed by atoms with Crippen molar-refractivity contribution in [1.82, 2.24) is 37.4 Å². The number of aryl methyl sites for hydroxylation is 2. The zero-order valence-corrected chi connectivity index (χ0v) is 25.6. The minimum Gasteiger partial charge on any atom is -0.396 e. The van der Waals surface area contributed by atoms with Gasteiger partial charge in [0, 0.05) is 45.9 Å². The van der Waals surface area contributed by atoms with Crippen LogP contribution in [0.15, 0.2) is 44.5 Å². The molecule has 0 spiro atoms. The van der Waals surface area contributed by atoms with E-state index in [9.17, 15) is 19.2 Å². The number of imidazole rings is 2. The molecule has 0 aromatic carbocycles. The largest absolute Gasteiger partial charge is 0.396 e. The number of rotatable bonds is 12. The van der Waals surface area contributed by atoms with Crippen molar-refractivity contribution in [2.45, 2.75) is 86.7 Å². The van der Waals surface area contributed by atoms with Gasteiger partial charge in [-0.2, -0.15) is 9.97 Å². The van der Waals surface area contributed by atoms with Crippen molar-refractivity contribution < 1.29 is 5.11 Å². The van der Waals surface area contributed by atoms with E-state index >= 15 is 0 Å². The molecule has 0 bridgehead atoms. The second kappa shape index (κ2) is 15.7. The highest BCUT2D eigenvalue weighted by Gasteiger charge is 2.20. The molecular weight excluding hydrogens is 599 g/mol. The highest BCUT2D eigenvalue weighted by molar-refractivity contribution is 6.29. The number of aliphatic hydroxyl groups excluding tert-OH is 1. The summed E-state index contributed by atoms with van der Waals surface area (Å²) in [6.45, 7) is 14.9. The van der Waals surface area contributed by atoms with Gasteiger partial charge in [0.1, 0.15) is 0 Å². The maximum absolute atomic E-state index is 12.6. The Balaban J connectivity index is 0.000000293. The molecule has 43 heavy (non-hydrogen) atoms. The molecule has 0 radical (unpaired) electrons. The third-order valence-corrected chi connectivity index (χ3v) is 7.24. The summed E-state index contributed by atoms with van der Waals surface area (Å²) in [5.74, 6) is 0. The summed E-state index contributed by atoms with van der Waals surface area (Å²) < 4.78 is 8.37. The van der Waals surface area contributed by atoms with E-state index in [1.807, 2.05) is 13.8 Å². The van der Waals surface area contributed by atoms with Crippen LogP contribution >= 0.6 is 23.2 Å². The number of fused-ring (bicyclic) bond motifs is 2. The minimum absolute atomic E-state index is 0. The lowest BCUT2D eigenvalue weighted by Gasteiger charge is -2.10. The standard InChI is InChI=1S/C14H19ClN4O2.C13H17ClN4O3.CH4/c1-4-7-9-19-12(20)10-11(17(6-3)14(19)21)16-13(15)18(10)8-5-2;1-3-6-17-9-10(15-12(17)14)16(4-2)13(21)18(11(9)20)7-5-8-19;/h5H,2,4,6-9H2,1,3H3;3,19H,1,4-8H2,2H3;1H4. The third-order valence-electron chi connectivity index (χ3n) is 6.67. The topological polar surface area (TPSA) is 144 Å². The smallest absolute Gasteiger partial charge is 0.332 e. The number of hydrogen-bond acceptors (Lipinski definition) is 7. The Kier molecular flexibility index (Phi) is 13.0. The summed E-state index contributed by atoms with van der Waals surface area (Å²) >= 11 is 12.2. The number of halogens is 2. The van der Waals surface area contributed by atoms with Crippen molar-refractivity contribution in [3.05, 3.63) is 77.6 Å². The fraction of sp³-hybridized carbons (Fsp3) is 0.500. The van der Waals surface area contributed by atoms with Gasteiger partial charge in [-0.3, -0.25) is 27.9 Å². The molecule has 4 rings (SSSR count). The fourth-order valence-electron chi connectivity index (χ4n) is 4.63. The molecule has 0 aliphatic carbocycles. The van der Waals surface area contributed by atoms with E-state index in [0.29, 0.717) is 50.3 Å². The molecule has 0 amide bonds. The molecule has 0 unspecified atom stereocenters. The molecule has 0 aliphatic rings. The monoisotopic (exact) mass is 638 g/mol. The van der Waals surface area contributed by atoms with Gasteiger partial charge in [0.2, 0.25) is 10.6 Å². The van der Waals surface area contributed by atoms with Crippen LogP contribution in [-0.4, -0.2) is 49.1 Å². The number of hydrogen-bond donors (Lipinski definition) is 1. The van der Waals surface area contributed by atoms with E-state index in [2.05, 4.69) is 23.1 Å². The maximum Gasteiger partial charge on any atom is 0.332 e. The first-order chi connectivity index (χ1) is 20.1. The van der Waals surface area contributed by atoms with Crippen LogP contribution < -0.4 is 22.5 Å². The third kappa shape index (κ3) is 6.78. The Labute approximate surface area is 258 Å². The first-order valence-electron chi connectivity index (χ1n) is 13.7. The van der Waals surface area contributed by atoms with Gasteiger partial charge in [0.05, 0.1) is 0 Å². The summed E-state index contributed by atoms with van der Waals surface area (Å²) in [5.41, 5.74) is -0.307. The first kappa shape index (κ1) is 35.5. The van der Waals surface area contributed by atoms with Crippen LogP contribution in [-0.2, 0) is 39.3 Å². The van der Waals surface area contributed by atoms with Gasteiger partial charge in [-0.15, -0.1) is 13.2 Å². The van der Waals surface area contributed by atoms with Gasteiger partial charge in [-0.05, 0) is 49.9 Å². The van der Waals surface area contributed by atoms with Gasteiger partial charge < -0.3 is 14.2 Å². The summed E-state index contributed by atoms with van der Waals surface area (Å²) in [6, 6.07) is 0. The summed E-state index contributed by atoms with van der Waals surface area (Å²) in [4.78, 5) is 58.3. The molecule has 236 valence electrons. The minimum atomic E-state index is -0.450. The zero-order chi connectivity index (χ0) is 31.1. The maximum atomic E-state index is 12.6. The molecular formula is C28H40Cl2N8O5. The highest BCUT2D eigenvalue weighted by Crippen LogP contribution is 2.17. The van der Waals surface area contributed by atoms with E-state index in [0.717, 1.165) is 17.4 Å². The Morgan fingerprint density at radius 2 is 1.09 bits per heavy atom. The molecule has 0 atom stereocenters. The lowest BCUT2D eigenvalue weighted by atomic mass is 10.3. The molecule has 0 saturated carbocycles. The van der Waals surface area contributed by atoms with Gasteiger partial charge in [-0.25, -0.2) is 9.59 Å². The molecule has 0 fully saturated rings. The zero-order valence-electron chi connectivity index (χ0n) is 24.1. The van der Waals surface area contributed by atoms with E-state index in [4.69, 9.17) is 28.3 Å². The van der Waals surface area contributed by atoms with Crippen LogP contribution in [0.5, 0.6) is 0 Å². The first-order valence-corrected chi connectivity index (χ1v) is 14.5. The van der Waals surface area contributed by atoms with Gasteiger partial charge in [0.15, 0.2) is 22.3 Å². The summed E-state index contributed by atoms with van der Waals surface area (Å²) in [7, 11) is 0. The Hall–Kier alpha value is -3.68. The van der Waals surface area contributed by atoms with Crippen LogP contribution in [0.2, 0.25) is 10.6 Å². The van der Waals surface area contributed by atoms with Gasteiger partial charge in [0.25, 0.3) is 11.1 Å². The van der Waals surface area contributed by atoms with Crippen molar-refractivity contribution in [3.8, 4) is 0 Å². The van der Waals surface area contributed by atoms with Crippen molar-refractivity contribution in [2.24, 2.45) is 0 Å². The van der Waals surface area contributed by atoms with Crippen molar-refractivity contribution in [2.75, 3.05) is 6.61 Å². The van der Waals surface area contributed by atoms with Crippen molar-refractivity contribution >= 4 is 45.5 Å². The molecule has 4 aromatic rings. The van der Waals surface area contributed by atoms with E-state index in [1.165, 1.54) is 18.3 Å². The van der Waals surface area contributed by atoms with E-state index in [1.54, 1.807) is 23.6 Å². The average molecular weight is 640 g/mol. The molecule has 13 nitrogen and oxygen atoms in total. The molecule has 0 aliphatic heterocycles. The Morgan fingerprint density at radius 1 is 0.698 bits per heavy atom. The van der Waals surface area contributed by atoms with E-state index < -0.39 is 11.2 Å². The van der Waals surface area contributed by atoms with Gasteiger partial charge >= 0.3 is 11.4 Å². The van der Waals surface area contributed by atoms with Crippen molar-refractivity contribution in [1.29, 1.82) is 0 Å². The molecule has 4 heterocycles. The summed E-state index contributed by atoms with van der Waals surface area (Å²) in [5, 5.41) is 9.25. The molecule has 1 N–H and O–H groups in total. The molecule has 15 heteroatoms. The number of nitrogens with zero attached hydrogens (tertiary/aromatic N) is 8. The van der Waals surface area contributed by atoms with Crippen molar-refractivity contribution in [3.63, 3.8) is 0 Å². The number of aliphatic hydroxyl groups is 1. The predicted octanol–water partition coefficient (Wildman–Crippen LogP) is 3.26. The fourth-order valence-corrected chi connectivity index (χ4v) is 5.10. The molecule has 0 saturated heterocycles. The highest BCUT2D eigenvalue weighted by atomic mass is 35.5. The number of aromatic nitrogens is 8. The van der Waals surface area contributed by atoms with Crippen LogP contribution in [0.3, 0.4) is 0 Å². The lowest BCUT2D eigenvalue weighted by molar-refractivity contribution is 0.277. The van der Waals surface area contributed by atoms with Crippen LogP contribution in [0, 0.1) is 0 Å². The molecule has 4 aromatic heterocycles. The lowest BCUT2D eigenvalue weighted by Crippen LogP contribution is -2.40. The predicted molar refractivity (Wildman–Crippen MR) is 172 cm³/mol.